The Bertz CT molecular complexity index is 362. The molecule has 2 rings (SSSR count). The van der Waals surface area contributed by atoms with Crippen LogP contribution in [0.1, 0.15) is 32.8 Å². The van der Waals surface area contributed by atoms with E-state index >= 15 is 0 Å². The summed E-state index contributed by atoms with van der Waals surface area (Å²) in [7, 11) is 0. The van der Waals surface area contributed by atoms with Gasteiger partial charge in [0.05, 0.1) is 0 Å². The van der Waals surface area contributed by atoms with E-state index in [1.807, 2.05) is 18.2 Å². The second kappa shape index (κ2) is 3.15. The van der Waals surface area contributed by atoms with Gasteiger partial charge in [0, 0.05) is 5.41 Å². The lowest BCUT2D eigenvalue weighted by atomic mass is 9.73. The van der Waals surface area contributed by atoms with E-state index in [2.05, 4.69) is 32.9 Å². The maximum absolute atomic E-state index is 6.35. The topological polar surface area (TPSA) is 0 Å². The Balaban J connectivity index is 2.49. The lowest BCUT2D eigenvalue weighted by molar-refractivity contribution is 0.295. The molecule has 1 aliphatic carbocycles. The quantitative estimate of drug-likeness (QED) is 0.635. The molecular formula is C13H16Cl2. The van der Waals surface area contributed by atoms with E-state index < -0.39 is 4.33 Å². The van der Waals surface area contributed by atoms with Crippen LogP contribution in [0.4, 0.5) is 0 Å². The van der Waals surface area contributed by atoms with Crippen molar-refractivity contribution in [2.75, 3.05) is 0 Å². The second-order valence-electron chi connectivity index (χ2n) is 5.40. The van der Waals surface area contributed by atoms with E-state index in [9.17, 15) is 0 Å². The van der Waals surface area contributed by atoms with Crippen molar-refractivity contribution < 1.29 is 0 Å². The van der Waals surface area contributed by atoms with Gasteiger partial charge < -0.3 is 0 Å². The van der Waals surface area contributed by atoms with Crippen LogP contribution in [0.25, 0.3) is 0 Å². The van der Waals surface area contributed by atoms with Gasteiger partial charge in [0.1, 0.15) is 4.33 Å². The van der Waals surface area contributed by atoms with Gasteiger partial charge >= 0.3 is 0 Å². The van der Waals surface area contributed by atoms with Crippen molar-refractivity contribution in [3.8, 4) is 0 Å². The van der Waals surface area contributed by atoms with E-state index in [4.69, 9.17) is 23.2 Å². The van der Waals surface area contributed by atoms with Crippen molar-refractivity contribution in [1.29, 1.82) is 0 Å². The summed E-state index contributed by atoms with van der Waals surface area (Å²) in [6.45, 7) is 6.60. The lowest BCUT2D eigenvalue weighted by Gasteiger charge is -2.33. The lowest BCUT2D eigenvalue weighted by Crippen LogP contribution is -2.31. The van der Waals surface area contributed by atoms with Crippen LogP contribution in [0.2, 0.25) is 0 Å². The fraction of sp³-hybridized carbons (Fsp3) is 0.538. The molecule has 0 aromatic heterocycles. The van der Waals surface area contributed by atoms with Gasteiger partial charge in [0.25, 0.3) is 0 Å². The Morgan fingerprint density at radius 1 is 1.07 bits per heavy atom. The zero-order valence-electron chi connectivity index (χ0n) is 9.35. The number of hydrogen-bond acceptors (Lipinski definition) is 0. The van der Waals surface area contributed by atoms with Crippen molar-refractivity contribution in [2.45, 2.75) is 36.9 Å². The molecule has 82 valence electrons. The summed E-state index contributed by atoms with van der Waals surface area (Å²) in [5.74, 6) is 0. The van der Waals surface area contributed by atoms with E-state index in [0.29, 0.717) is 0 Å². The van der Waals surface area contributed by atoms with Gasteiger partial charge in [-0.2, -0.15) is 0 Å². The highest BCUT2D eigenvalue weighted by Gasteiger charge is 2.71. The van der Waals surface area contributed by atoms with Crippen LogP contribution in [-0.4, -0.2) is 4.33 Å². The van der Waals surface area contributed by atoms with Crippen LogP contribution >= 0.6 is 23.2 Å². The standard InChI is InChI=1S/C13H16Cl2/c1-11(2,3)12(9-13(12,14)15)10-7-5-4-6-8-10/h4-8H,9H2,1-3H3. The Morgan fingerprint density at radius 3 is 1.87 bits per heavy atom. The molecule has 1 aliphatic rings. The van der Waals surface area contributed by atoms with Crippen molar-refractivity contribution in [1.82, 2.24) is 0 Å². The molecule has 1 saturated carbocycles. The smallest absolute Gasteiger partial charge is 0.101 e. The van der Waals surface area contributed by atoms with Gasteiger partial charge in [-0.25, -0.2) is 0 Å². The van der Waals surface area contributed by atoms with Gasteiger partial charge in [-0.3, -0.25) is 0 Å². The summed E-state index contributed by atoms with van der Waals surface area (Å²) < 4.78 is -0.605. The van der Waals surface area contributed by atoms with Crippen LogP contribution in [0.15, 0.2) is 30.3 Å². The summed E-state index contributed by atoms with van der Waals surface area (Å²) in [5, 5.41) is 0. The Hall–Kier alpha value is -0.200. The highest BCUT2D eigenvalue weighted by molar-refractivity contribution is 6.52. The molecule has 0 N–H and O–H groups in total. The molecule has 1 atom stereocenters. The Morgan fingerprint density at radius 2 is 1.53 bits per heavy atom. The van der Waals surface area contributed by atoms with Crippen LogP contribution in [0, 0.1) is 5.41 Å². The fourth-order valence-electron chi connectivity index (χ4n) is 2.57. The number of benzene rings is 1. The molecule has 2 heteroatoms. The van der Waals surface area contributed by atoms with Gasteiger partial charge in [0.2, 0.25) is 0 Å². The molecule has 1 unspecified atom stereocenters. The maximum atomic E-state index is 6.35. The maximum Gasteiger partial charge on any atom is 0.129 e. The molecule has 0 amide bonds. The zero-order valence-corrected chi connectivity index (χ0v) is 10.9. The molecule has 0 bridgehead atoms. The highest BCUT2D eigenvalue weighted by Crippen LogP contribution is 2.72. The third-order valence-electron chi connectivity index (χ3n) is 3.53. The minimum absolute atomic E-state index is 0.0812. The van der Waals surface area contributed by atoms with E-state index in [-0.39, 0.29) is 10.8 Å². The van der Waals surface area contributed by atoms with Gasteiger partial charge in [-0.05, 0) is 17.4 Å². The molecular weight excluding hydrogens is 227 g/mol. The first kappa shape index (κ1) is 11.3. The average molecular weight is 243 g/mol. The van der Waals surface area contributed by atoms with E-state index in [0.717, 1.165) is 6.42 Å². The first-order chi connectivity index (χ1) is 6.81. The Labute approximate surface area is 102 Å². The van der Waals surface area contributed by atoms with Gasteiger partial charge in [-0.1, -0.05) is 51.1 Å². The van der Waals surface area contributed by atoms with Crippen LogP contribution < -0.4 is 0 Å². The zero-order chi connectivity index (χ0) is 11.3. The van der Waals surface area contributed by atoms with E-state index in [1.54, 1.807) is 0 Å². The third kappa shape index (κ3) is 1.50. The van der Waals surface area contributed by atoms with Crippen molar-refractivity contribution in [3.05, 3.63) is 35.9 Å². The molecule has 0 nitrogen and oxygen atoms in total. The van der Waals surface area contributed by atoms with E-state index in [1.165, 1.54) is 5.56 Å². The van der Waals surface area contributed by atoms with Crippen molar-refractivity contribution >= 4 is 23.2 Å². The minimum atomic E-state index is -0.605. The number of hydrogen-bond donors (Lipinski definition) is 0. The number of halogens is 2. The minimum Gasteiger partial charge on any atom is -0.101 e. The highest BCUT2D eigenvalue weighted by atomic mass is 35.5. The monoisotopic (exact) mass is 242 g/mol. The largest absolute Gasteiger partial charge is 0.129 e. The van der Waals surface area contributed by atoms with Gasteiger partial charge in [-0.15, -0.1) is 23.2 Å². The van der Waals surface area contributed by atoms with Crippen LogP contribution in [0.5, 0.6) is 0 Å². The number of alkyl halides is 2. The molecule has 1 aromatic rings. The number of rotatable bonds is 1. The summed E-state index contributed by atoms with van der Waals surface area (Å²) in [5.41, 5.74) is 1.24. The van der Waals surface area contributed by atoms with Crippen molar-refractivity contribution in [3.63, 3.8) is 0 Å². The molecule has 1 aromatic carbocycles. The summed E-state index contributed by atoms with van der Waals surface area (Å²) >= 11 is 12.7. The third-order valence-corrected chi connectivity index (χ3v) is 4.45. The molecule has 0 saturated heterocycles. The molecule has 0 heterocycles. The van der Waals surface area contributed by atoms with Crippen LogP contribution in [-0.2, 0) is 5.41 Å². The SMILES string of the molecule is CC(C)(C)C1(c2ccccc2)CC1(Cl)Cl. The predicted molar refractivity (Wildman–Crippen MR) is 66.6 cm³/mol. The second-order valence-corrected chi connectivity index (χ2v) is 6.89. The molecule has 0 spiro atoms. The predicted octanol–water partition coefficient (Wildman–Crippen LogP) is 4.55. The summed E-state index contributed by atoms with van der Waals surface area (Å²) in [6, 6.07) is 10.4. The first-order valence-corrected chi connectivity index (χ1v) is 6.00. The average Bonchev–Trinajstić information content (AvgIpc) is 2.72. The fourth-order valence-corrected chi connectivity index (χ4v) is 3.76. The van der Waals surface area contributed by atoms with Crippen LogP contribution in [0.3, 0.4) is 0 Å². The normalized spacial score (nSPS) is 28.9. The molecule has 0 radical (unpaired) electrons. The molecule has 15 heavy (non-hydrogen) atoms. The summed E-state index contributed by atoms with van der Waals surface area (Å²) in [6.07, 6.45) is 0.844. The first-order valence-electron chi connectivity index (χ1n) is 5.25. The van der Waals surface area contributed by atoms with Crippen molar-refractivity contribution in [2.24, 2.45) is 5.41 Å². The molecule has 0 aliphatic heterocycles. The Kier molecular flexibility index (Phi) is 2.37. The summed E-state index contributed by atoms with van der Waals surface area (Å²) in [4.78, 5) is 0. The van der Waals surface area contributed by atoms with Gasteiger partial charge in [0.15, 0.2) is 0 Å². The molecule has 1 fully saturated rings.